The van der Waals surface area contributed by atoms with Crippen molar-refractivity contribution < 1.29 is 9.21 Å². The molecule has 0 atom stereocenters. The summed E-state index contributed by atoms with van der Waals surface area (Å²) in [7, 11) is 0. The minimum absolute atomic E-state index is 0.350. The van der Waals surface area contributed by atoms with Gasteiger partial charge in [-0.05, 0) is 48.2 Å². The summed E-state index contributed by atoms with van der Waals surface area (Å²) < 4.78 is 7.70. The fourth-order valence-corrected chi connectivity index (χ4v) is 4.55. The van der Waals surface area contributed by atoms with E-state index in [0.29, 0.717) is 29.6 Å². The molecule has 1 amide bonds. The quantitative estimate of drug-likeness (QED) is 0.352. The highest BCUT2D eigenvalue weighted by atomic mass is 16.4. The summed E-state index contributed by atoms with van der Waals surface area (Å²) in [6.07, 6.45) is 5.11. The van der Waals surface area contributed by atoms with Gasteiger partial charge in [0.15, 0.2) is 0 Å². The Kier molecular flexibility index (Phi) is 7.77. The van der Waals surface area contributed by atoms with Crippen molar-refractivity contribution in [3.05, 3.63) is 81.2 Å². The molecular weight excluding hydrogens is 424 g/mol. The van der Waals surface area contributed by atoms with Gasteiger partial charge in [-0.15, -0.1) is 0 Å². The van der Waals surface area contributed by atoms with Gasteiger partial charge in [-0.25, -0.2) is 4.79 Å². The zero-order chi connectivity index (χ0) is 25.0. The summed E-state index contributed by atoms with van der Waals surface area (Å²) in [4.78, 5) is 24.6. The van der Waals surface area contributed by atoms with Crippen LogP contribution in [0.25, 0.3) is 32.8 Å². The van der Waals surface area contributed by atoms with Crippen molar-refractivity contribution in [3.8, 4) is 0 Å². The molecule has 1 aliphatic rings. The van der Waals surface area contributed by atoms with Crippen LogP contribution >= 0.6 is 0 Å². The SMILES string of the molecule is CC.CC.CCc1cc2c3c4ccccc4oc(=O)c3n(CC3=CC=C(C(N)=O)C3)c2cc1C. The molecule has 0 saturated carbocycles. The van der Waals surface area contributed by atoms with E-state index in [1.807, 2.05) is 62.6 Å². The summed E-state index contributed by atoms with van der Waals surface area (Å²) in [6, 6.07) is 12.0. The van der Waals surface area contributed by atoms with Crippen LogP contribution in [-0.4, -0.2) is 10.5 Å². The van der Waals surface area contributed by atoms with E-state index in [1.54, 1.807) is 6.08 Å². The molecule has 0 saturated heterocycles. The lowest BCUT2D eigenvalue weighted by Gasteiger charge is -2.10. The summed E-state index contributed by atoms with van der Waals surface area (Å²) in [5, 5.41) is 2.91. The second-order valence-electron chi connectivity index (χ2n) is 7.90. The number of benzene rings is 2. The van der Waals surface area contributed by atoms with Gasteiger partial charge < -0.3 is 14.7 Å². The maximum atomic E-state index is 13.1. The van der Waals surface area contributed by atoms with Gasteiger partial charge in [0.2, 0.25) is 5.91 Å². The number of aromatic nitrogens is 1. The van der Waals surface area contributed by atoms with Crippen molar-refractivity contribution in [1.82, 2.24) is 4.57 Å². The van der Waals surface area contributed by atoms with Gasteiger partial charge in [0.1, 0.15) is 11.1 Å². The molecule has 0 aliphatic heterocycles. The van der Waals surface area contributed by atoms with E-state index >= 15 is 0 Å². The number of para-hydroxylation sites is 1. The highest BCUT2D eigenvalue weighted by Gasteiger charge is 2.21. The fourth-order valence-electron chi connectivity index (χ4n) is 4.55. The van der Waals surface area contributed by atoms with Gasteiger partial charge in [-0.3, -0.25) is 4.79 Å². The van der Waals surface area contributed by atoms with Crippen molar-refractivity contribution >= 4 is 38.7 Å². The molecule has 2 N–H and O–H groups in total. The lowest BCUT2D eigenvalue weighted by Crippen LogP contribution is -2.14. The molecule has 0 spiro atoms. The molecule has 1 aliphatic carbocycles. The largest absolute Gasteiger partial charge is 0.421 e. The van der Waals surface area contributed by atoms with E-state index in [-0.39, 0.29) is 5.63 Å². The van der Waals surface area contributed by atoms with Gasteiger partial charge in [-0.1, -0.05) is 65.0 Å². The lowest BCUT2D eigenvalue weighted by molar-refractivity contribution is -0.114. The highest BCUT2D eigenvalue weighted by Crippen LogP contribution is 2.36. The first kappa shape index (κ1) is 25.0. The van der Waals surface area contributed by atoms with Crippen LogP contribution in [0.2, 0.25) is 0 Å². The first-order valence-corrected chi connectivity index (χ1v) is 12.1. The van der Waals surface area contributed by atoms with Crippen LogP contribution in [0.4, 0.5) is 0 Å². The minimum Gasteiger partial charge on any atom is -0.421 e. The van der Waals surface area contributed by atoms with E-state index < -0.39 is 5.91 Å². The standard InChI is InChI=1S/C25H22N2O3.2C2H6/c1-3-16-12-19-20(10-14(16)2)27(13-15-8-9-17(11-15)24(26)28)23-22(19)18-6-4-5-7-21(18)30-25(23)29;2*1-2/h4-10,12H,3,11,13H2,1-2H3,(H2,26,28);2*1-2H3. The topological polar surface area (TPSA) is 78.2 Å². The highest BCUT2D eigenvalue weighted by molar-refractivity contribution is 6.19. The van der Waals surface area contributed by atoms with Crippen molar-refractivity contribution in [2.75, 3.05) is 0 Å². The Hall–Kier alpha value is -3.60. The Morgan fingerprint density at radius 1 is 1.06 bits per heavy atom. The number of amides is 1. The molecule has 4 aromatic rings. The molecule has 5 heteroatoms. The molecule has 0 bridgehead atoms. The number of hydrogen-bond acceptors (Lipinski definition) is 3. The molecule has 0 radical (unpaired) electrons. The van der Waals surface area contributed by atoms with Crippen LogP contribution in [0.5, 0.6) is 0 Å². The molecule has 34 heavy (non-hydrogen) atoms. The van der Waals surface area contributed by atoms with Gasteiger partial charge in [0, 0.05) is 40.2 Å². The number of aryl methyl sites for hydroxylation is 2. The van der Waals surface area contributed by atoms with Gasteiger partial charge in [0.25, 0.3) is 0 Å². The normalized spacial score (nSPS) is 12.6. The fraction of sp³-hybridized carbons (Fsp3) is 0.310. The summed E-state index contributed by atoms with van der Waals surface area (Å²) in [5.41, 5.74) is 11.3. The van der Waals surface area contributed by atoms with E-state index in [4.69, 9.17) is 10.2 Å². The van der Waals surface area contributed by atoms with Crippen LogP contribution < -0.4 is 11.4 Å². The number of primary amides is 1. The van der Waals surface area contributed by atoms with Gasteiger partial charge in [-0.2, -0.15) is 0 Å². The van der Waals surface area contributed by atoms with E-state index in [1.165, 1.54) is 11.1 Å². The van der Waals surface area contributed by atoms with Crippen LogP contribution in [-0.2, 0) is 17.8 Å². The number of nitrogens with zero attached hydrogens (tertiary/aromatic N) is 1. The first-order valence-electron chi connectivity index (χ1n) is 12.1. The number of fused-ring (bicyclic) bond motifs is 5. The zero-order valence-corrected chi connectivity index (χ0v) is 21.0. The predicted molar refractivity (Wildman–Crippen MR) is 142 cm³/mol. The number of hydrogen-bond donors (Lipinski definition) is 1. The third-order valence-corrected chi connectivity index (χ3v) is 6.07. The van der Waals surface area contributed by atoms with E-state index in [9.17, 15) is 9.59 Å². The average Bonchev–Trinajstić information content (AvgIpc) is 3.45. The predicted octanol–water partition coefficient (Wildman–Crippen LogP) is 6.57. The summed E-state index contributed by atoms with van der Waals surface area (Å²) in [6.45, 7) is 12.7. The third kappa shape index (κ3) is 4.30. The number of rotatable bonds is 4. The zero-order valence-electron chi connectivity index (χ0n) is 21.0. The molecule has 5 rings (SSSR count). The molecule has 0 unspecified atom stereocenters. The molecule has 2 aromatic heterocycles. The Morgan fingerprint density at radius 3 is 2.41 bits per heavy atom. The van der Waals surface area contributed by atoms with Gasteiger partial charge >= 0.3 is 5.63 Å². The smallest absolute Gasteiger partial charge is 0.361 e. The number of nitrogens with two attached hydrogens (primary N) is 1. The second kappa shape index (κ2) is 10.6. The Bertz CT molecular complexity index is 1480. The van der Waals surface area contributed by atoms with Crippen molar-refractivity contribution in [3.63, 3.8) is 0 Å². The molecule has 178 valence electrons. The Balaban J connectivity index is 0.000000771. The van der Waals surface area contributed by atoms with Crippen LogP contribution in [0.1, 0.15) is 52.2 Å². The molecule has 5 nitrogen and oxygen atoms in total. The number of allylic oxidation sites excluding steroid dienone is 3. The maximum absolute atomic E-state index is 13.1. The van der Waals surface area contributed by atoms with E-state index in [2.05, 4.69) is 26.0 Å². The monoisotopic (exact) mass is 458 g/mol. The van der Waals surface area contributed by atoms with Crippen molar-refractivity contribution in [2.45, 2.75) is 60.9 Å². The summed E-state index contributed by atoms with van der Waals surface area (Å²) >= 11 is 0. The molecule has 2 heterocycles. The van der Waals surface area contributed by atoms with Crippen LogP contribution in [0.15, 0.2) is 68.9 Å². The number of carbonyl (C=O) groups is 1. The van der Waals surface area contributed by atoms with E-state index in [0.717, 1.165) is 33.7 Å². The Morgan fingerprint density at radius 2 is 1.76 bits per heavy atom. The molecule has 2 aromatic carbocycles. The Labute approximate surface area is 200 Å². The molecule has 0 fully saturated rings. The minimum atomic E-state index is -0.405. The van der Waals surface area contributed by atoms with Gasteiger partial charge in [0.05, 0.1) is 0 Å². The van der Waals surface area contributed by atoms with Crippen molar-refractivity contribution in [2.24, 2.45) is 5.73 Å². The average molecular weight is 459 g/mol. The third-order valence-electron chi connectivity index (χ3n) is 6.07. The summed E-state index contributed by atoms with van der Waals surface area (Å²) in [5.74, 6) is -0.405. The van der Waals surface area contributed by atoms with Crippen molar-refractivity contribution in [1.29, 1.82) is 0 Å². The molecular formula is C29H34N2O3. The maximum Gasteiger partial charge on any atom is 0.361 e. The lowest BCUT2D eigenvalue weighted by atomic mass is 10.0. The van der Waals surface area contributed by atoms with Crippen LogP contribution in [0.3, 0.4) is 0 Å². The van der Waals surface area contributed by atoms with Crippen LogP contribution in [0, 0.1) is 6.92 Å². The second-order valence-corrected chi connectivity index (χ2v) is 7.90. The number of carbonyl (C=O) groups excluding carboxylic acids is 1. The first-order chi connectivity index (χ1) is 16.5.